The Kier molecular flexibility index (Phi) is 5.34. The summed E-state index contributed by atoms with van der Waals surface area (Å²) in [5.74, 6) is 2.97. The van der Waals surface area contributed by atoms with E-state index in [0.717, 1.165) is 57.1 Å². The summed E-state index contributed by atoms with van der Waals surface area (Å²) >= 11 is 0. The average Bonchev–Trinajstić information content (AvgIpc) is 3.16. The standard InChI is InChI=1S/C19H29N3O3/c23-19(15-7-8-15)22-10-3-6-16(12-22)18-20-17(21-25-18)9-11-24-13-14-4-1-2-5-14/h14-16H,1-13H2. The molecule has 3 fully saturated rings. The molecular weight excluding hydrogens is 318 g/mol. The molecular formula is C19H29N3O3. The minimum absolute atomic E-state index is 0.192. The molecule has 1 amide bonds. The number of aromatic nitrogens is 2. The first kappa shape index (κ1) is 17.0. The predicted molar refractivity (Wildman–Crippen MR) is 92.1 cm³/mol. The number of likely N-dealkylation sites (tertiary alicyclic amines) is 1. The second-order valence-corrected chi connectivity index (χ2v) is 7.92. The van der Waals surface area contributed by atoms with Crippen LogP contribution in [0.5, 0.6) is 0 Å². The third-order valence-electron chi connectivity index (χ3n) is 5.79. The van der Waals surface area contributed by atoms with Gasteiger partial charge in [-0.2, -0.15) is 4.98 Å². The molecule has 1 unspecified atom stereocenters. The number of nitrogens with zero attached hydrogens (tertiary/aromatic N) is 3. The molecule has 1 aromatic heterocycles. The SMILES string of the molecule is O=C(C1CC1)N1CCCC(c2nc(CCOCC3CCCC3)no2)C1. The van der Waals surface area contributed by atoms with E-state index in [-0.39, 0.29) is 11.8 Å². The maximum Gasteiger partial charge on any atom is 0.231 e. The van der Waals surface area contributed by atoms with Gasteiger partial charge in [-0.1, -0.05) is 18.0 Å². The Bertz CT molecular complexity index is 578. The van der Waals surface area contributed by atoms with Crippen molar-refractivity contribution in [2.45, 2.75) is 63.7 Å². The molecule has 2 aliphatic carbocycles. The summed E-state index contributed by atoms with van der Waals surface area (Å²) in [7, 11) is 0. The monoisotopic (exact) mass is 347 g/mol. The quantitative estimate of drug-likeness (QED) is 0.709. The normalized spacial score (nSPS) is 24.8. The molecule has 0 aromatic carbocycles. The first-order valence-corrected chi connectivity index (χ1v) is 9.98. The Labute approximate surface area is 149 Å². The van der Waals surface area contributed by atoms with E-state index in [0.29, 0.717) is 24.8 Å². The van der Waals surface area contributed by atoms with Crippen LogP contribution < -0.4 is 0 Å². The molecule has 1 atom stereocenters. The smallest absolute Gasteiger partial charge is 0.231 e. The molecule has 6 heteroatoms. The number of hydrogen-bond acceptors (Lipinski definition) is 5. The van der Waals surface area contributed by atoms with Gasteiger partial charge < -0.3 is 14.2 Å². The second kappa shape index (κ2) is 7.85. The molecule has 4 rings (SSSR count). The number of ether oxygens (including phenoxy) is 1. The average molecular weight is 347 g/mol. The lowest BCUT2D eigenvalue weighted by molar-refractivity contribution is -0.133. The van der Waals surface area contributed by atoms with Crippen LogP contribution in [-0.4, -0.2) is 47.3 Å². The van der Waals surface area contributed by atoms with Gasteiger partial charge in [0, 0.05) is 32.0 Å². The highest BCUT2D eigenvalue weighted by Crippen LogP contribution is 2.34. The van der Waals surface area contributed by atoms with E-state index >= 15 is 0 Å². The van der Waals surface area contributed by atoms with Crippen molar-refractivity contribution >= 4 is 5.91 Å². The predicted octanol–water partition coefficient (Wildman–Crippen LogP) is 2.93. The number of piperidine rings is 1. The lowest BCUT2D eigenvalue weighted by atomic mass is 9.97. The topological polar surface area (TPSA) is 68.5 Å². The van der Waals surface area contributed by atoms with Crippen molar-refractivity contribution in [3.8, 4) is 0 Å². The lowest BCUT2D eigenvalue weighted by Gasteiger charge is -2.31. The van der Waals surface area contributed by atoms with Crippen molar-refractivity contribution in [2.75, 3.05) is 26.3 Å². The van der Waals surface area contributed by atoms with Gasteiger partial charge in [0.05, 0.1) is 12.5 Å². The molecule has 0 N–H and O–H groups in total. The van der Waals surface area contributed by atoms with E-state index in [9.17, 15) is 4.79 Å². The fourth-order valence-electron chi connectivity index (χ4n) is 4.09. The minimum Gasteiger partial charge on any atom is -0.381 e. The van der Waals surface area contributed by atoms with Gasteiger partial charge in [-0.15, -0.1) is 0 Å². The van der Waals surface area contributed by atoms with Crippen LogP contribution in [0.4, 0.5) is 0 Å². The van der Waals surface area contributed by atoms with Crippen molar-refractivity contribution in [1.82, 2.24) is 15.0 Å². The minimum atomic E-state index is 0.192. The fraction of sp³-hybridized carbons (Fsp3) is 0.842. The molecule has 6 nitrogen and oxygen atoms in total. The molecule has 1 saturated heterocycles. The zero-order valence-electron chi connectivity index (χ0n) is 15.0. The highest BCUT2D eigenvalue weighted by atomic mass is 16.5. The van der Waals surface area contributed by atoms with Gasteiger partial charge in [0.25, 0.3) is 0 Å². The number of carbonyl (C=O) groups excluding carboxylic acids is 1. The summed E-state index contributed by atoms with van der Waals surface area (Å²) in [5.41, 5.74) is 0. The van der Waals surface area contributed by atoms with E-state index in [2.05, 4.69) is 10.1 Å². The molecule has 1 aromatic rings. The second-order valence-electron chi connectivity index (χ2n) is 7.92. The largest absolute Gasteiger partial charge is 0.381 e. The molecule has 2 heterocycles. The summed E-state index contributed by atoms with van der Waals surface area (Å²) < 4.78 is 11.3. The summed E-state index contributed by atoms with van der Waals surface area (Å²) in [5, 5.41) is 4.11. The van der Waals surface area contributed by atoms with Crippen molar-refractivity contribution in [3.05, 3.63) is 11.7 Å². The lowest BCUT2D eigenvalue weighted by Crippen LogP contribution is -2.40. The van der Waals surface area contributed by atoms with Crippen molar-refractivity contribution < 1.29 is 14.1 Å². The van der Waals surface area contributed by atoms with Crippen LogP contribution in [0.1, 0.15) is 69.0 Å². The van der Waals surface area contributed by atoms with Gasteiger partial charge in [0.15, 0.2) is 5.82 Å². The van der Waals surface area contributed by atoms with E-state index < -0.39 is 0 Å². The Balaban J connectivity index is 1.23. The van der Waals surface area contributed by atoms with Crippen molar-refractivity contribution in [2.24, 2.45) is 11.8 Å². The van der Waals surface area contributed by atoms with Crippen molar-refractivity contribution in [1.29, 1.82) is 0 Å². The van der Waals surface area contributed by atoms with Gasteiger partial charge in [0.1, 0.15) is 0 Å². The van der Waals surface area contributed by atoms with Crippen molar-refractivity contribution in [3.63, 3.8) is 0 Å². The Morgan fingerprint density at radius 3 is 2.80 bits per heavy atom. The Morgan fingerprint density at radius 2 is 2.00 bits per heavy atom. The first-order chi connectivity index (χ1) is 12.3. The van der Waals surface area contributed by atoms with E-state index in [1.165, 1.54) is 25.7 Å². The maximum atomic E-state index is 12.3. The van der Waals surface area contributed by atoms with Gasteiger partial charge in [-0.3, -0.25) is 4.79 Å². The van der Waals surface area contributed by atoms with Gasteiger partial charge in [-0.25, -0.2) is 0 Å². The molecule has 0 spiro atoms. The number of amides is 1. The fourth-order valence-corrected chi connectivity index (χ4v) is 4.09. The molecule has 0 radical (unpaired) electrons. The third kappa shape index (κ3) is 4.40. The molecule has 1 aliphatic heterocycles. The molecule has 0 bridgehead atoms. The highest BCUT2D eigenvalue weighted by molar-refractivity contribution is 5.81. The van der Waals surface area contributed by atoms with Crippen LogP contribution in [0, 0.1) is 11.8 Å². The molecule has 3 aliphatic rings. The molecule has 25 heavy (non-hydrogen) atoms. The Morgan fingerprint density at radius 1 is 1.16 bits per heavy atom. The molecule has 138 valence electrons. The zero-order valence-corrected chi connectivity index (χ0v) is 15.0. The van der Waals surface area contributed by atoms with Crippen LogP contribution in [-0.2, 0) is 16.0 Å². The highest BCUT2D eigenvalue weighted by Gasteiger charge is 2.36. The number of carbonyl (C=O) groups is 1. The van der Waals surface area contributed by atoms with Crippen LogP contribution in [0.2, 0.25) is 0 Å². The van der Waals surface area contributed by atoms with Gasteiger partial charge in [0.2, 0.25) is 11.8 Å². The summed E-state index contributed by atoms with van der Waals surface area (Å²) in [6.07, 6.45) is 10.2. The number of rotatable bonds is 7. The summed E-state index contributed by atoms with van der Waals surface area (Å²) in [6.45, 7) is 3.13. The van der Waals surface area contributed by atoms with Crippen LogP contribution in [0.3, 0.4) is 0 Å². The maximum absolute atomic E-state index is 12.3. The number of hydrogen-bond donors (Lipinski definition) is 0. The summed E-state index contributed by atoms with van der Waals surface area (Å²) in [4.78, 5) is 18.8. The first-order valence-electron chi connectivity index (χ1n) is 9.98. The van der Waals surface area contributed by atoms with Gasteiger partial charge >= 0.3 is 0 Å². The van der Waals surface area contributed by atoms with E-state index in [1.54, 1.807) is 0 Å². The zero-order chi connectivity index (χ0) is 17.1. The van der Waals surface area contributed by atoms with Crippen LogP contribution in [0.15, 0.2) is 4.52 Å². The van der Waals surface area contributed by atoms with Gasteiger partial charge in [-0.05, 0) is 44.4 Å². The molecule has 2 saturated carbocycles. The summed E-state index contributed by atoms with van der Waals surface area (Å²) in [6, 6.07) is 0. The third-order valence-corrected chi connectivity index (χ3v) is 5.79. The Hall–Kier alpha value is -1.43. The van der Waals surface area contributed by atoms with Crippen LogP contribution >= 0.6 is 0 Å². The van der Waals surface area contributed by atoms with E-state index in [4.69, 9.17) is 9.26 Å². The van der Waals surface area contributed by atoms with Crippen LogP contribution in [0.25, 0.3) is 0 Å². The van der Waals surface area contributed by atoms with E-state index in [1.807, 2.05) is 4.90 Å².